The second kappa shape index (κ2) is 8.91. The van der Waals surface area contributed by atoms with E-state index in [1.807, 2.05) is 42.5 Å². The Bertz CT molecular complexity index is 796. The number of carboxylic acids is 1. The zero-order chi connectivity index (χ0) is 19.2. The van der Waals surface area contributed by atoms with Gasteiger partial charge in [0.05, 0.1) is 17.5 Å². The number of hydrogen-bond acceptors (Lipinski definition) is 3. The number of benzene rings is 2. The van der Waals surface area contributed by atoms with Gasteiger partial charge in [-0.05, 0) is 24.1 Å². The summed E-state index contributed by atoms with van der Waals surface area (Å²) >= 11 is 6.03. The predicted molar refractivity (Wildman–Crippen MR) is 103 cm³/mol. The number of carboxylic acid groups (broad SMARTS) is 1. The Morgan fingerprint density at radius 2 is 1.78 bits per heavy atom. The number of amides is 1. The summed E-state index contributed by atoms with van der Waals surface area (Å²) < 4.78 is 5.60. The first-order chi connectivity index (χ1) is 13.1. The molecule has 5 nitrogen and oxygen atoms in total. The maximum Gasteiger partial charge on any atom is 0.308 e. The number of ether oxygens (including phenoxy) is 1. The van der Waals surface area contributed by atoms with Gasteiger partial charge in [0.15, 0.2) is 0 Å². The minimum atomic E-state index is -0.860. The molecule has 27 heavy (non-hydrogen) atoms. The molecule has 2 aromatic rings. The summed E-state index contributed by atoms with van der Waals surface area (Å²) in [5.74, 6) is -1.05. The molecule has 2 aromatic carbocycles. The van der Waals surface area contributed by atoms with Crippen LogP contribution >= 0.6 is 11.6 Å². The molecule has 1 N–H and O–H groups in total. The Hall–Kier alpha value is -2.53. The molecule has 1 heterocycles. The van der Waals surface area contributed by atoms with Gasteiger partial charge in [0, 0.05) is 25.4 Å². The summed E-state index contributed by atoms with van der Waals surface area (Å²) in [6, 6.07) is 16.7. The normalized spacial score (nSPS) is 19.1. The van der Waals surface area contributed by atoms with E-state index >= 15 is 0 Å². The molecule has 1 aliphatic rings. The molecular weight excluding hydrogens is 366 g/mol. The molecule has 1 saturated heterocycles. The molecule has 0 aliphatic carbocycles. The Labute approximate surface area is 163 Å². The topological polar surface area (TPSA) is 66.8 Å². The largest absolute Gasteiger partial charge is 0.492 e. The highest BCUT2D eigenvalue weighted by molar-refractivity contribution is 6.32. The minimum Gasteiger partial charge on any atom is -0.492 e. The summed E-state index contributed by atoms with van der Waals surface area (Å²) in [5.41, 5.74) is 0.960. The van der Waals surface area contributed by atoms with Crippen LogP contribution in [-0.2, 0) is 9.59 Å². The van der Waals surface area contributed by atoms with Gasteiger partial charge in [-0.3, -0.25) is 9.59 Å². The fourth-order valence-electron chi connectivity index (χ4n) is 3.42. The van der Waals surface area contributed by atoms with Gasteiger partial charge in [0.1, 0.15) is 5.75 Å². The molecule has 0 aromatic heterocycles. The lowest BCUT2D eigenvalue weighted by atomic mass is 9.89. The average Bonchev–Trinajstić information content (AvgIpc) is 3.13. The second-order valence-electron chi connectivity index (χ2n) is 6.64. The number of carbonyl (C=O) groups is 2. The van der Waals surface area contributed by atoms with Gasteiger partial charge in [0.25, 0.3) is 0 Å². The molecule has 142 valence electrons. The number of rotatable bonds is 7. The van der Waals surface area contributed by atoms with E-state index in [2.05, 4.69) is 0 Å². The van der Waals surface area contributed by atoms with E-state index < -0.39 is 11.9 Å². The van der Waals surface area contributed by atoms with Crippen molar-refractivity contribution in [2.24, 2.45) is 5.92 Å². The van der Waals surface area contributed by atoms with Crippen LogP contribution in [0, 0.1) is 5.92 Å². The molecule has 0 radical (unpaired) electrons. The monoisotopic (exact) mass is 387 g/mol. The highest BCUT2D eigenvalue weighted by Crippen LogP contribution is 2.33. The van der Waals surface area contributed by atoms with Gasteiger partial charge in [-0.1, -0.05) is 54.1 Å². The SMILES string of the molecule is O=C(O)[C@@H]1CN(C(=O)CCCOc2ccccc2Cl)C[C@@H]1c1ccccc1. The van der Waals surface area contributed by atoms with E-state index in [-0.39, 0.29) is 18.4 Å². The summed E-state index contributed by atoms with van der Waals surface area (Å²) in [4.78, 5) is 25.8. The Morgan fingerprint density at radius 3 is 2.48 bits per heavy atom. The van der Waals surface area contributed by atoms with Crippen LogP contribution in [0.25, 0.3) is 0 Å². The third-order valence-electron chi connectivity index (χ3n) is 4.85. The van der Waals surface area contributed by atoms with E-state index in [0.29, 0.717) is 36.8 Å². The van der Waals surface area contributed by atoms with Gasteiger partial charge < -0.3 is 14.7 Å². The van der Waals surface area contributed by atoms with Crippen LogP contribution in [-0.4, -0.2) is 41.6 Å². The van der Waals surface area contributed by atoms with Gasteiger partial charge in [-0.25, -0.2) is 0 Å². The Balaban J connectivity index is 1.53. The van der Waals surface area contributed by atoms with Crippen molar-refractivity contribution >= 4 is 23.5 Å². The standard InChI is InChI=1S/C21H22ClNO4/c22-18-9-4-5-10-19(18)27-12-6-11-20(24)23-13-16(17(14-23)21(25)26)15-7-2-1-3-8-15/h1-5,7-10,16-17H,6,11-14H2,(H,25,26)/t16-,17-/m1/s1. The molecule has 1 fully saturated rings. The van der Waals surface area contributed by atoms with Crippen LogP contribution in [0.15, 0.2) is 54.6 Å². The molecule has 6 heteroatoms. The highest BCUT2D eigenvalue weighted by atomic mass is 35.5. The van der Waals surface area contributed by atoms with Crippen molar-refractivity contribution in [1.82, 2.24) is 4.90 Å². The quantitative estimate of drug-likeness (QED) is 0.733. The van der Waals surface area contributed by atoms with Crippen molar-refractivity contribution in [3.05, 3.63) is 65.2 Å². The van der Waals surface area contributed by atoms with Gasteiger partial charge in [-0.2, -0.15) is 0 Å². The van der Waals surface area contributed by atoms with E-state index in [4.69, 9.17) is 16.3 Å². The molecule has 3 rings (SSSR count). The predicted octanol–water partition coefficient (Wildman–Crippen LogP) is 3.83. The first kappa shape index (κ1) is 19.2. The first-order valence-corrected chi connectivity index (χ1v) is 9.37. The number of likely N-dealkylation sites (tertiary alicyclic amines) is 1. The zero-order valence-electron chi connectivity index (χ0n) is 14.9. The van der Waals surface area contributed by atoms with Crippen LogP contribution in [0.1, 0.15) is 24.3 Å². The second-order valence-corrected chi connectivity index (χ2v) is 7.05. The smallest absolute Gasteiger partial charge is 0.308 e. The summed E-state index contributed by atoms with van der Waals surface area (Å²) in [6.07, 6.45) is 0.868. The lowest BCUT2D eigenvalue weighted by Gasteiger charge is -2.16. The third kappa shape index (κ3) is 4.80. The van der Waals surface area contributed by atoms with Crippen molar-refractivity contribution in [2.75, 3.05) is 19.7 Å². The molecular formula is C21H22ClNO4. The molecule has 0 unspecified atom stereocenters. The van der Waals surface area contributed by atoms with Crippen LogP contribution in [0.3, 0.4) is 0 Å². The lowest BCUT2D eigenvalue weighted by molar-refractivity contribution is -0.141. The Morgan fingerprint density at radius 1 is 1.07 bits per heavy atom. The average molecular weight is 388 g/mol. The molecule has 0 spiro atoms. The fraction of sp³-hybridized carbons (Fsp3) is 0.333. The molecule has 2 atom stereocenters. The van der Waals surface area contributed by atoms with Crippen molar-refractivity contribution in [3.8, 4) is 5.75 Å². The summed E-state index contributed by atoms with van der Waals surface area (Å²) in [5, 5.41) is 10.1. The molecule has 1 amide bonds. The molecule has 0 bridgehead atoms. The van der Waals surface area contributed by atoms with Gasteiger partial charge >= 0.3 is 5.97 Å². The van der Waals surface area contributed by atoms with E-state index in [9.17, 15) is 14.7 Å². The van der Waals surface area contributed by atoms with Gasteiger partial charge in [-0.15, -0.1) is 0 Å². The number of aliphatic carboxylic acids is 1. The van der Waals surface area contributed by atoms with E-state index in [1.54, 1.807) is 17.0 Å². The number of carbonyl (C=O) groups excluding carboxylic acids is 1. The van der Waals surface area contributed by atoms with Gasteiger partial charge in [0.2, 0.25) is 5.91 Å². The van der Waals surface area contributed by atoms with Crippen LogP contribution in [0.5, 0.6) is 5.75 Å². The third-order valence-corrected chi connectivity index (χ3v) is 5.16. The number of hydrogen-bond donors (Lipinski definition) is 1. The molecule has 0 saturated carbocycles. The Kier molecular flexibility index (Phi) is 6.35. The van der Waals surface area contributed by atoms with Crippen LogP contribution in [0.2, 0.25) is 5.02 Å². The molecule has 1 aliphatic heterocycles. The maximum absolute atomic E-state index is 12.5. The summed E-state index contributed by atoms with van der Waals surface area (Å²) in [6.45, 7) is 1.07. The summed E-state index contributed by atoms with van der Waals surface area (Å²) in [7, 11) is 0. The van der Waals surface area contributed by atoms with Crippen molar-refractivity contribution in [2.45, 2.75) is 18.8 Å². The fourth-order valence-corrected chi connectivity index (χ4v) is 3.61. The number of para-hydroxylation sites is 1. The highest BCUT2D eigenvalue weighted by Gasteiger charge is 2.40. The maximum atomic E-state index is 12.5. The minimum absolute atomic E-state index is 0.0394. The van der Waals surface area contributed by atoms with Crippen molar-refractivity contribution < 1.29 is 19.4 Å². The van der Waals surface area contributed by atoms with Crippen LogP contribution in [0.4, 0.5) is 0 Å². The van der Waals surface area contributed by atoms with E-state index in [0.717, 1.165) is 5.56 Å². The van der Waals surface area contributed by atoms with Crippen molar-refractivity contribution in [1.29, 1.82) is 0 Å². The number of nitrogens with zero attached hydrogens (tertiary/aromatic N) is 1. The zero-order valence-corrected chi connectivity index (χ0v) is 15.6. The lowest BCUT2D eigenvalue weighted by Crippen LogP contribution is -2.30. The first-order valence-electron chi connectivity index (χ1n) is 8.99. The van der Waals surface area contributed by atoms with E-state index in [1.165, 1.54) is 0 Å². The number of halogens is 1. The van der Waals surface area contributed by atoms with Crippen molar-refractivity contribution in [3.63, 3.8) is 0 Å². The van der Waals surface area contributed by atoms with Crippen LogP contribution < -0.4 is 4.74 Å².